The van der Waals surface area contributed by atoms with Gasteiger partial charge < -0.3 is 4.98 Å². The van der Waals surface area contributed by atoms with Crippen LogP contribution < -0.4 is 10.9 Å². The van der Waals surface area contributed by atoms with Crippen LogP contribution in [0.1, 0.15) is 20.8 Å². The molecule has 148 valence electrons. The summed E-state index contributed by atoms with van der Waals surface area (Å²) in [5.74, 6) is -0.700. The van der Waals surface area contributed by atoms with Crippen molar-refractivity contribution in [3.8, 4) is 0 Å². The number of hydrogen-bond donors (Lipinski definition) is 2. The Kier molecular flexibility index (Phi) is 4.36. The van der Waals surface area contributed by atoms with E-state index < -0.39 is 5.91 Å². The number of hydrogen-bond acceptors (Lipinski definition) is 5. The van der Waals surface area contributed by atoms with E-state index in [0.717, 1.165) is 10.4 Å². The van der Waals surface area contributed by atoms with Gasteiger partial charge in [0.15, 0.2) is 5.13 Å². The van der Waals surface area contributed by atoms with Crippen LogP contribution in [-0.2, 0) is 6.42 Å². The van der Waals surface area contributed by atoms with E-state index in [4.69, 9.17) is 0 Å². The maximum atomic E-state index is 13.0. The number of benzene rings is 2. The Morgan fingerprint density at radius 3 is 2.77 bits per heavy atom. The fourth-order valence-corrected chi connectivity index (χ4v) is 4.10. The number of aromatic amines is 1. The number of para-hydroxylation sites is 1. The third-order valence-corrected chi connectivity index (χ3v) is 5.60. The van der Waals surface area contributed by atoms with Gasteiger partial charge in [0.05, 0.1) is 17.1 Å². The summed E-state index contributed by atoms with van der Waals surface area (Å²) >= 11 is 1.33. The van der Waals surface area contributed by atoms with Gasteiger partial charge in [-0.25, -0.2) is 13.9 Å². The van der Waals surface area contributed by atoms with Crippen LogP contribution in [0.25, 0.3) is 16.6 Å². The molecule has 9 heteroatoms. The van der Waals surface area contributed by atoms with Gasteiger partial charge in [-0.3, -0.25) is 14.9 Å². The van der Waals surface area contributed by atoms with Crippen LogP contribution in [-0.4, -0.2) is 25.5 Å². The maximum Gasteiger partial charge on any atom is 0.262 e. The lowest BCUT2D eigenvalue weighted by Gasteiger charge is -2.03. The quantitative estimate of drug-likeness (QED) is 0.465. The zero-order valence-electron chi connectivity index (χ0n) is 15.4. The van der Waals surface area contributed by atoms with Crippen molar-refractivity contribution in [3.63, 3.8) is 0 Å². The molecule has 3 heterocycles. The molecule has 0 bridgehead atoms. The first kappa shape index (κ1) is 18.2. The lowest BCUT2D eigenvalue weighted by Crippen LogP contribution is -2.15. The van der Waals surface area contributed by atoms with Gasteiger partial charge in [-0.1, -0.05) is 24.3 Å². The summed E-state index contributed by atoms with van der Waals surface area (Å²) in [6.45, 7) is 0. The van der Waals surface area contributed by atoms with Crippen molar-refractivity contribution in [2.24, 2.45) is 0 Å². The van der Waals surface area contributed by atoms with Crippen molar-refractivity contribution in [3.05, 3.63) is 93.1 Å². The molecule has 0 aliphatic carbocycles. The van der Waals surface area contributed by atoms with Crippen LogP contribution >= 0.6 is 11.3 Å². The SMILES string of the molecule is O=C(Nc1ncc(Cc2ccc(F)cc2)s1)c1cnn2c1[nH]c(=O)c1ccccc12. The molecule has 1 amide bonds. The molecular weight excluding hydrogens is 405 g/mol. The number of carbonyl (C=O) groups excluding carboxylic acids is 1. The fourth-order valence-electron chi connectivity index (χ4n) is 3.26. The molecule has 7 nitrogen and oxygen atoms in total. The minimum Gasteiger partial charge on any atom is -0.306 e. The van der Waals surface area contributed by atoms with Crippen LogP contribution in [0.15, 0.2) is 65.7 Å². The standard InChI is InChI=1S/C21H14FN5O2S/c22-13-7-5-12(6-8-13)9-14-10-23-21(30-14)26-20(29)16-11-24-27-17-4-2-1-3-15(17)19(28)25-18(16)27/h1-8,10-11H,9H2,(H,25,28)(H,23,26,29). The van der Waals surface area contributed by atoms with Gasteiger partial charge in [-0.05, 0) is 29.8 Å². The van der Waals surface area contributed by atoms with Crippen molar-refractivity contribution >= 4 is 38.9 Å². The second-order valence-corrected chi connectivity index (χ2v) is 7.79. The molecule has 30 heavy (non-hydrogen) atoms. The molecule has 0 saturated carbocycles. The van der Waals surface area contributed by atoms with Gasteiger partial charge in [0.1, 0.15) is 17.0 Å². The minimum absolute atomic E-state index is 0.244. The molecule has 2 aromatic carbocycles. The number of halogens is 1. The topological polar surface area (TPSA) is 92.2 Å². The molecular formula is C21H14FN5O2S. The van der Waals surface area contributed by atoms with Crippen LogP contribution in [0.2, 0.25) is 0 Å². The Balaban J connectivity index is 1.41. The van der Waals surface area contributed by atoms with E-state index in [1.165, 1.54) is 34.2 Å². The van der Waals surface area contributed by atoms with Gasteiger partial charge in [0.25, 0.3) is 11.5 Å². The van der Waals surface area contributed by atoms with Crippen LogP contribution in [0.4, 0.5) is 9.52 Å². The highest BCUT2D eigenvalue weighted by Crippen LogP contribution is 2.23. The fraction of sp³-hybridized carbons (Fsp3) is 0.0476. The van der Waals surface area contributed by atoms with Crippen LogP contribution in [0, 0.1) is 5.82 Å². The largest absolute Gasteiger partial charge is 0.306 e. The van der Waals surface area contributed by atoms with E-state index >= 15 is 0 Å². The van der Waals surface area contributed by atoms with Crippen molar-refractivity contribution in [2.75, 3.05) is 5.32 Å². The zero-order chi connectivity index (χ0) is 20.7. The molecule has 0 radical (unpaired) electrons. The molecule has 5 rings (SSSR count). The molecule has 0 spiro atoms. The Labute approximate surface area is 172 Å². The number of aromatic nitrogens is 4. The average molecular weight is 419 g/mol. The number of anilines is 1. The molecule has 0 aliphatic heterocycles. The Bertz CT molecular complexity index is 1450. The first-order valence-corrected chi connectivity index (χ1v) is 9.89. The summed E-state index contributed by atoms with van der Waals surface area (Å²) in [6.07, 6.45) is 3.68. The number of rotatable bonds is 4. The van der Waals surface area contributed by atoms with E-state index in [9.17, 15) is 14.0 Å². The Morgan fingerprint density at radius 1 is 1.13 bits per heavy atom. The van der Waals surface area contributed by atoms with Gasteiger partial charge in [0, 0.05) is 17.5 Å². The Morgan fingerprint density at radius 2 is 1.93 bits per heavy atom. The van der Waals surface area contributed by atoms with E-state index in [0.29, 0.717) is 28.1 Å². The monoisotopic (exact) mass is 419 g/mol. The number of fused-ring (bicyclic) bond motifs is 3. The Hall–Kier alpha value is -3.85. The normalized spacial score (nSPS) is 11.2. The number of carbonyl (C=O) groups is 1. The van der Waals surface area contributed by atoms with E-state index in [1.54, 1.807) is 42.6 Å². The smallest absolute Gasteiger partial charge is 0.262 e. The third-order valence-electron chi connectivity index (χ3n) is 4.69. The lowest BCUT2D eigenvalue weighted by atomic mass is 10.1. The van der Waals surface area contributed by atoms with Gasteiger partial charge in [0.2, 0.25) is 0 Å². The number of amides is 1. The lowest BCUT2D eigenvalue weighted by molar-refractivity contribution is 0.102. The van der Waals surface area contributed by atoms with Crippen LogP contribution in [0.5, 0.6) is 0 Å². The number of H-pyrrole nitrogens is 1. The van der Waals surface area contributed by atoms with Crippen LogP contribution in [0.3, 0.4) is 0 Å². The third kappa shape index (κ3) is 3.25. The second-order valence-electron chi connectivity index (χ2n) is 6.68. The average Bonchev–Trinajstić information content (AvgIpc) is 3.37. The summed E-state index contributed by atoms with van der Waals surface area (Å²) in [7, 11) is 0. The molecule has 5 aromatic rings. The first-order chi connectivity index (χ1) is 14.6. The highest BCUT2D eigenvalue weighted by atomic mass is 32.1. The molecule has 3 aromatic heterocycles. The number of thiazole rings is 1. The predicted molar refractivity (Wildman–Crippen MR) is 113 cm³/mol. The number of nitrogens with zero attached hydrogens (tertiary/aromatic N) is 3. The van der Waals surface area contributed by atoms with E-state index in [2.05, 4.69) is 20.4 Å². The molecule has 0 unspecified atom stereocenters. The summed E-state index contributed by atoms with van der Waals surface area (Å²) in [5, 5.41) is 7.93. The minimum atomic E-state index is -0.418. The molecule has 2 N–H and O–H groups in total. The summed E-state index contributed by atoms with van der Waals surface area (Å²) in [5.41, 5.74) is 1.84. The van der Waals surface area contributed by atoms with Gasteiger partial charge in [-0.2, -0.15) is 5.10 Å². The van der Waals surface area contributed by atoms with E-state index in [-0.39, 0.29) is 16.9 Å². The first-order valence-electron chi connectivity index (χ1n) is 9.08. The summed E-state index contributed by atoms with van der Waals surface area (Å²) in [6, 6.07) is 13.3. The van der Waals surface area contributed by atoms with Crippen molar-refractivity contribution < 1.29 is 9.18 Å². The number of nitrogens with one attached hydrogen (secondary N) is 2. The van der Waals surface area contributed by atoms with Gasteiger partial charge >= 0.3 is 0 Å². The maximum absolute atomic E-state index is 13.0. The summed E-state index contributed by atoms with van der Waals surface area (Å²) in [4.78, 5) is 33.0. The second kappa shape index (κ2) is 7.20. The van der Waals surface area contributed by atoms with E-state index in [1.807, 2.05) is 0 Å². The molecule has 0 saturated heterocycles. The summed E-state index contributed by atoms with van der Waals surface area (Å²) < 4.78 is 14.6. The highest BCUT2D eigenvalue weighted by molar-refractivity contribution is 7.15. The van der Waals surface area contributed by atoms with Crippen molar-refractivity contribution in [1.29, 1.82) is 0 Å². The van der Waals surface area contributed by atoms with Crippen molar-refractivity contribution in [2.45, 2.75) is 6.42 Å². The van der Waals surface area contributed by atoms with Gasteiger partial charge in [-0.15, -0.1) is 11.3 Å². The zero-order valence-corrected chi connectivity index (χ0v) is 16.2. The molecule has 0 fully saturated rings. The highest BCUT2D eigenvalue weighted by Gasteiger charge is 2.17. The predicted octanol–water partition coefficient (Wildman–Crippen LogP) is 3.61. The molecule has 0 atom stereocenters. The molecule has 0 aliphatic rings. The van der Waals surface area contributed by atoms with Crippen molar-refractivity contribution in [1.82, 2.24) is 19.6 Å².